The van der Waals surface area contributed by atoms with Crippen molar-refractivity contribution in [3.8, 4) is 28.8 Å². The van der Waals surface area contributed by atoms with E-state index in [0.717, 1.165) is 16.8 Å². The van der Waals surface area contributed by atoms with Gasteiger partial charge in [-0.2, -0.15) is 10.4 Å². The minimum atomic E-state index is -0.281. The van der Waals surface area contributed by atoms with Crippen LogP contribution >= 0.6 is 0 Å². The summed E-state index contributed by atoms with van der Waals surface area (Å²) in [6.45, 7) is 1.80. The van der Waals surface area contributed by atoms with Crippen molar-refractivity contribution in [2.24, 2.45) is 7.05 Å². The normalized spacial score (nSPS) is 11.4. The van der Waals surface area contributed by atoms with Crippen LogP contribution in [-0.4, -0.2) is 20.7 Å². The molecule has 1 atom stereocenters. The summed E-state index contributed by atoms with van der Waals surface area (Å²) in [4.78, 5) is 17.1. The van der Waals surface area contributed by atoms with Crippen molar-refractivity contribution in [1.29, 1.82) is 5.26 Å². The van der Waals surface area contributed by atoms with E-state index in [1.165, 1.54) is 0 Å². The maximum Gasteiger partial charge on any atom is 0.255 e. The Balaban J connectivity index is 1.49. The summed E-state index contributed by atoms with van der Waals surface area (Å²) in [6.07, 6.45) is 5.31. The second-order valence-corrected chi connectivity index (χ2v) is 7.34. The first kappa shape index (κ1) is 20.8. The highest BCUT2D eigenvalue weighted by molar-refractivity contribution is 6.04. The fraction of sp³-hybridized carbons (Fsp3) is 0.120. The summed E-state index contributed by atoms with van der Waals surface area (Å²) in [7, 11) is 1.85. The molecule has 7 heteroatoms. The maximum absolute atomic E-state index is 12.7. The molecule has 4 rings (SSSR count). The predicted molar refractivity (Wildman–Crippen MR) is 121 cm³/mol. The van der Waals surface area contributed by atoms with Gasteiger partial charge in [0.25, 0.3) is 5.91 Å². The van der Waals surface area contributed by atoms with Gasteiger partial charge in [-0.05, 0) is 42.8 Å². The van der Waals surface area contributed by atoms with Crippen LogP contribution in [0.4, 0.5) is 5.69 Å². The van der Waals surface area contributed by atoms with E-state index in [2.05, 4.69) is 21.5 Å². The lowest BCUT2D eigenvalue weighted by Gasteiger charge is -2.10. The zero-order valence-electron chi connectivity index (χ0n) is 17.7. The number of amides is 1. The minimum absolute atomic E-state index is 0.253. The summed E-state index contributed by atoms with van der Waals surface area (Å²) in [5.41, 5.74) is 3.55. The third kappa shape index (κ3) is 4.82. The fourth-order valence-corrected chi connectivity index (χ4v) is 3.19. The van der Waals surface area contributed by atoms with E-state index in [4.69, 9.17) is 10.00 Å². The van der Waals surface area contributed by atoms with E-state index < -0.39 is 0 Å². The van der Waals surface area contributed by atoms with Crippen LogP contribution in [0.15, 0.2) is 79.3 Å². The zero-order chi connectivity index (χ0) is 22.5. The second kappa shape index (κ2) is 9.14. The number of aromatic nitrogens is 3. The van der Waals surface area contributed by atoms with Gasteiger partial charge in [-0.1, -0.05) is 18.2 Å². The molecule has 0 fully saturated rings. The molecule has 158 valence electrons. The number of carbonyl (C=O) groups excluding carboxylic acids is 1. The third-order valence-corrected chi connectivity index (χ3v) is 4.90. The Labute approximate surface area is 185 Å². The molecule has 0 aliphatic heterocycles. The first-order chi connectivity index (χ1) is 15.5. The quantitative estimate of drug-likeness (QED) is 0.463. The Bertz CT molecular complexity index is 1310. The topological polar surface area (TPSA) is 92.8 Å². The molecule has 1 amide bonds. The highest BCUT2D eigenvalue weighted by Crippen LogP contribution is 2.27. The Kier molecular flexibility index (Phi) is 5.95. The summed E-state index contributed by atoms with van der Waals surface area (Å²) in [6, 6.07) is 20.0. The molecule has 2 aromatic heterocycles. The molecule has 7 nitrogen and oxygen atoms in total. The first-order valence-electron chi connectivity index (χ1n) is 10.1. The summed E-state index contributed by atoms with van der Waals surface area (Å²) in [5, 5.41) is 16.2. The number of anilines is 1. The number of benzene rings is 2. The molecular formula is C25H21N5O2. The predicted octanol–water partition coefficient (Wildman–Crippen LogP) is 5.15. The number of ether oxygens (including phenoxy) is 1. The lowest BCUT2D eigenvalue weighted by atomic mass is 10.0. The summed E-state index contributed by atoms with van der Waals surface area (Å²) < 4.78 is 7.70. The molecule has 0 bridgehead atoms. The SMILES string of the molecule is CC(C#N)c1cccc(C(=O)Nc2cccc(Oc3ccnc(-c4cnn(C)c4)c3)c2)c1. The van der Waals surface area contributed by atoms with Gasteiger partial charge in [-0.3, -0.25) is 14.5 Å². The van der Waals surface area contributed by atoms with Crippen LogP contribution in [0.3, 0.4) is 0 Å². The molecule has 1 unspecified atom stereocenters. The van der Waals surface area contributed by atoms with Gasteiger partial charge in [0.2, 0.25) is 0 Å². The van der Waals surface area contributed by atoms with Crippen LogP contribution in [-0.2, 0) is 7.05 Å². The number of pyridine rings is 1. The molecule has 2 heterocycles. The number of hydrogen-bond donors (Lipinski definition) is 1. The lowest BCUT2D eigenvalue weighted by molar-refractivity contribution is 0.102. The zero-order valence-corrected chi connectivity index (χ0v) is 17.7. The van der Waals surface area contributed by atoms with Gasteiger partial charge in [0, 0.05) is 48.4 Å². The van der Waals surface area contributed by atoms with Gasteiger partial charge in [0.1, 0.15) is 11.5 Å². The molecule has 0 aliphatic rings. The van der Waals surface area contributed by atoms with Crippen molar-refractivity contribution >= 4 is 11.6 Å². The molecule has 0 radical (unpaired) electrons. The van der Waals surface area contributed by atoms with E-state index in [-0.39, 0.29) is 11.8 Å². The highest BCUT2D eigenvalue weighted by atomic mass is 16.5. The largest absolute Gasteiger partial charge is 0.457 e. The number of nitrogens with zero attached hydrogens (tertiary/aromatic N) is 4. The van der Waals surface area contributed by atoms with Crippen molar-refractivity contribution in [2.75, 3.05) is 5.32 Å². The second-order valence-electron chi connectivity index (χ2n) is 7.34. The van der Waals surface area contributed by atoms with E-state index >= 15 is 0 Å². The van der Waals surface area contributed by atoms with Crippen LogP contribution < -0.4 is 10.1 Å². The molecule has 0 saturated heterocycles. The Morgan fingerprint density at radius 2 is 1.94 bits per heavy atom. The van der Waals surface area contributed by atoms with Crippen molar-refractivity contribution < 1.29 is 9.53 Å². The van der Waals surface area contributed by atoms with E-state index in [9.17, 15) is 4.79 Å². The van der Waals surface area contributed by atoms with Crippen LogP contribution in [0.1, 0.15) is 28.8 Å². The molecule has 4 aromatic rings. The lowest BCUT2D eigenvalue weighted by Crippen LogP contribution is -2.12. The first-order valence-corrected chi connectivity index (χ1v) is 10.1. The molecule has 32 heavy (non-hydrogen) atoms. The number of hydrogen-bond acceptors (Lipinski definition) is 5. The number of nitriles is 1. The molecule has 0 spiro atoms. The summed E-state index contributed by atoms with van der Waals surface area (Å²) >= 11 is 0. The molecular weight excluding hydrogens is 402 g/mol. The Hall–Kier alpha value is -4.44. The maximum atomic E-state index is 12.7. The van der Waals surface area contributed by atoms with Crippen LogP contribution in [0.5, 0.6) is 11.5 Å². The van der Waals surface area contributed by atoms with Crippen molar-refractivity contribution in [3.63, 3.8) is 0 Å². The van der Waals surface area contributed by atoms with Crippen molar-refractivity contribution in [2.45, 2.75) is 12.8 Å². The van der Waals surface area contributed by atoms with Gasteiger partial charge >= 0.3 is 0 Å². The number of nitrogens with one attached hydrogen (secondary N) is 1. The minimum Gasteiger partial charge on any atom is -0.457 e. The number of aryl methyl sites for hydroxylation is 1. The number of rotatable bonds is 6. The molecule has 1 N–H and O–H groups in total. The van der Waals surface area contributed by atoms with Crippen LogP contribution in [0.2, 0.25) is 0 Å². The standard InChI is InChI=1S/C25H21N5O2/c1-17(14-26)18-5-3-6-19(11-18)25(31)29-21-7-4-8-22(12-21)32-23-9-10-27-24(13-23)20-15-28-30(2)16-20/h3-13,15-17H,1-2H3,(H,29,31). The van der Waals surface area contributed by atoms with Gasteiger partial charge in [-0.25, -0.2) is 0 Å². The third-order valence-electron chi connectivity index (χ3n) is 4.90. The van der Waals surface area contributed by atoms with Gasteiger partial charge in [0.05, 0.1) is 23.9 Å². The average molecular weight is 423 g/mol. The Morgan fingerprint density at radius 1 is 1.12 bits per heavy atom. The fourth-order valence-electron chi connectivity index (χ4n) is 3.19. The highest BCUT2D eigenvalue weighted by Gasteiger charge is 2.11. The summed E-state index contributed by atoms with van der Waals surface area (Å²) in [5.74, 6) is 0.673. The molecule has 0 aliphatic carbocycles. The number of carbonyl (C=O) groups is 1. The van der Waals surface area contributed by atoms with Crippen LogP contribution in [0, 0.1) is 11.3 Å². The van der Waals surface area contributed by atoms with Crippen molar-refractivity contribution in [3.05, 3.63) is 90.4 Å². The van der Waals surface area contributed by atoms with Gasteiger partial charge < -0.3 is 10.1 Å². The average Bonchev–Trinajstić information content (AvgIpc) is 3.25. The Morgan fingerprint density at radius 3 is 2.72 bits per heavy atom. The van der Waals surface area contributed by atoms with E-state index in [1.807, 2.05) is 37.5 Å². The van der Waals surface area contributed by atoms with E-state index in [1.54, 1.807) is 60.4 Å². The molecule has 0 saturated carbocycles. The molecule has 2 aromatic carbocycles. The van der Waals surface area contributed by atoms with E-state index in [0.29, 0.717) is 22.7 Å². The smallest absolute Gasteiger partial charge is 0.255 e. The van der Waals surface area contributed by atoms with Gasteiger partial charge in [0.15, 0.2) is 0 Å². The van der Waals surface area contributed by atoms with Crippen molar-refractivity contribution in [1.82, 2.24) is 14.8 Å². The monoisotopic (exact) mass is 423 g/mol. The van der Waals surface area contributed by atoms with Gasteiger partial charge in [-0.15, -0.1) is 0 Å². The van der Waals surface area contributed by atoms with Crippen LogP contribution in [0.25, 0.3) is 11.3 Å².